The SMILES string of the molecule is CCOc1ccc2c(c1)C(=NNc1ccccc1)c1cc(OCC)ccc1-2. The Bertz CT molecular complexity index is 923. The highest BCUT2D eigenvalue weighted by Gasteiger charge is 2.26. The molecule has 1 aliphatic carbocycles. The molecular weight excluding hydrogens is 336 g/mol. The van der Waals surface area contributed by atoms with Gasteiger partial charge in [0.1, 0.15) is 11.5 Å². The van der Waals surface area contributed by atoms with E-state index in [0.717, 1.165) is 45.2 Å². The van der Waals surface area contributed by atoms with Crippen molar-refractivity contribution in [2.24, 2.45) is 5.10 Å². The smallest absolute Gasteiger partial charge is 0.119 e. The molecule has 0 radical (unpaired) electrons. The second kappa shape index (κ2) is 7.54. The molecule has 0 saturated heterocycles. The summed E-state index contributed by atoms with van der Waals surface area (Å²) in [6.07, 6.45) is 0. The average Bonchev–Trinajstić information content (AvgIpc) is 3.00. The highest BCUT2D eigenvalue weighted by Crippen LogP contribution is 2.40. The molecule has 136 valence electrons. The lowest BCUT2D eigenvalue weighted by Gasteiger charge is -2.08. The second-order valence-corrected chi connectivity index (χ2v) is 6.22. The van der Waals surface area contributed by atoms with Gasteiger partial charge in [-0.1, -0.05) is 18.2 Å². The first-order valence-corrected chi connectivity index (χ1v) is 9.23. The molecule has 0 bridgehead atoms. The maximum Gasteiger partial charge on any atom is 0.119 e. The van der Waals surface area contributed by atoms with Crippen LogP contribution in [0.2, 0.25) is 0 Å². The summed E-state index contributed by atoms with van der Waals surface area (Å²) in [6.45, 7) is 5.24. The number of anilines is 1. The van der Waals surface area contributed by atoms with Gasteiger partial charge in [-0.3, -0.25) is 5.43 Å². The Labute approximate surface area is 159 Å². The van der Waals surface area contributed by atoms with Crippen LogP contribution in [0.3, 0.4) is 0 Å². The molecule has 27 heavy (non-hydrogen) atoms. The van der Waals surface area contributed by atoms with E-state index in [4.69, 9.17) is 14.6 Å². The Kier molecular flexibility index (Phi) is 4.79. The van der Waals surface area contributed by atoms with Gasteiger partial charge in [0.15, 0.2) is 0 Å². The van der Waals surface area contributed by atoms with Crippen molar-refractivity contribution in [3.8, 4) is 22.6 Å². The quantitative estimate of drug-likeness (QED) is 0.474. The Balaban J connectivity index is 1.80. The van der Waals surface area contributed by atoms with Crippen LogP contribution in [0.1, 0.15) is 25.0 Å². The number of ether oxygens (including phenoxy) is 2. The van der Waals surface area contributed by atoms with Crippen LogP contribution < -0.4 is 14.9 Å². The van der Waals surface area contributed by atoms with Crippen molar-refractivity contribution in [2.75, 3.05) is 18.6 Å². The molecule has 0 spiro atoms. The third-order valence-corrected chi connectivity index (χ3v) is 4.48. The monoisotopic (exact) mass is 358 g/mol. The number of rotatable bonds is 6. The van der Waals surface area contributed by atoms with Crippen LogP contribution in [0, 0.1) is 0 Å². The van der Waals surface area contributed by atoms with Gasteiger partial charge in [-0.15, -0.1) is 0 Å². The number of hydrazone groups is 1. The highest BCUT2D eigenvalue weighted by molar-refractivity contribution is 6.25. The zero-order valence-corrected chi connectivity index (χ0v) is 15.5. The largest absolute Gasteiger partial charge is 0.494 e. The Morgan fingerprint density at radius 1 is 0.704 bits per heavy atom. The Morgan fingerprint density at radius 3 is 1.78 bits per heavy atom. The van der Waals surface area contributed by atoms with Crippen LogP contribution in [0.15, 0.2) is 71.8 Å². The first-order chi connectivity index (χ1) is 13.3. The molecule has 4 heteroatoms. The van der Waals surface area contributed by atoms with Crippen LogP contribution in [-0.2, 0) is 0 Å². The van der Waals surface area contributed by atoms with Crippen molar-refractivity contribution in [1.29, 1.82) is 0 Å². The fourth-order valence-corrected chi connectivity index (χ4v) is 3.32. The van der Waals surface area contributed by atoms with Gasteiger partial charge in [0, 0.05) is 11.1 Å². The van der Waals surface area contributed by atoms with Crippen LogP contribution in [0.4, 0.5) is 5.69 Å². The van der Waals surface area contributed by atoms with Crippen LogP contribution in [0.25, 0.3) is 11.1 Å². The predicted octanol–water partition coefficient (Wildman–Crippen LogP) is 5.33. The number of nitrogens with zero attached hydrogens (tertiary/aromatic N) is 1. The Hall–Kier alpha value is -3.27. The molecule has 0 aromatic heterocycles. The van der Waals surface area contributed by atoms with E-state index < -0.39 is 0 Å². The third-order valence-electron chi connectivity index (χ3n) is 4.48. The summed E-state index contributed by atoms with van der Waals surface area (Å²) in [7, 11) is 0. The molecule has 0 unspecified atom stereocenters. The maximum atomic E-state index is 5.70. The third kappa shape index (κ3) is 3.38. The summed E-state index contributed by atoms with van der Waals surface area (Å²) in [5, 5.41) is 4.73. The normalized spacial score (nSPS) is 11.6. The first-order valence-electron chi connectivity index (χ1n) is 9.23. The molecule has 0 saturated carbocycles. The Morgan fingerprint density at radius 2 is 1.26 bits per heavy atom. The van der Waals surface area contributed by atoms with E-state index in [1.54, 1.807) is 0 Å². The summed E-state index contributed by atoms with van der Waals surface area (Å²) in [5.74, 6) is 1.70. The minimum atomic E-state index is 0.634. The number of benzene rings is 3. The van der Waals surface area contributed by atoms with E-state index in [0.29, 0.717) is 13.2 Å². The highest BCUT2D eigenvalue weighted by atomic mass is 16.5. The van der Waals surface area contributed by atoms with Gasteiger partial charge in [-0.2, -0.15) is 5.10 Å². The average molecular weight is 358 g/mol. The summed E-state index contributed by atoms with van der Waals surface area (Å²) in [5.41, 5.74) is 9.46. The molecule has 3 aromatic carbocycles. The van der Waals surface area contributed by atoms with E-state index in [1.165, 1.54) is 0 Å². The summed E-state index contributed by atoms with van der Waals surface area (Å²) >= 11 is 0. The summed E-state index contributed by atoms with van der Waals surface area (Å²) in [6, 6.07) is 22.3. The standard InChI is InChI=1S/C23H22N2O2/c1-3-26-17-10-12-19-20-13-11-18(27-4-2)15-22(20)23(21(19)14-17)25-24-16-8-6-5-7-9-16/h5-15,24H,3-4H2,1-2H3. The minimum Gasteiger partial charge on any atom is -0.494 e. The maximum absolute atomic E-state index is 5.70. The fraction of sp³-hybridized carbons (Fsp3) is 0.174. The molecule has 4 nitrogen and oxygen atoms in total. The van der Waals surface area contributed by atoms with Gasteiger partial charge in [0.25, 0.3) is 0 Å². The minimum absolute atomic E-state index is 0.634. The zero-order chi connectivity index (χ0) is 18.6. The van der Waals surface area contributed by atoms with E-state index in [1.807, 2.05) is 56.3 Å². The van der Waals surface area contributed by atoms with Crippen molar-refractivity contribution in [3.05, 3.63) is 77.9 Å². The molecule has 0 amide bonds. The van der Waals surface area contributed by atoms with E-state index in [2.05, 4.69) is 29.7 Å². The zero-order valence-electron chi connectivity index (χ0n) is 15.5. The van der Waals surface area contributed by atoms with Crippen molar-refractivity contribution < 1.29 is 9.47 Å². The lowest BCUT2D eigenvalue weighted by Crippen LogP contribution is -2.04. The van der Waals surface area contributed by atoms with Gasteiger partial charge in [-0.25, -0.2) is 0 Å². The second-order valence-electron chi connectivity index (χ2n) is 6.22. The van der Waals surface area contributed by atoms with Crippen LogP contribution in [-0.4, -0.2) is 18.9 Å². The molecule has 0 aliphatic heterocycles. The van der Waals surface area contributed by atoms with Crippen molar-refractivity contribution >= 4 is 11.4 Å². The van der Waals surface area contributed by atoms with Crippen molar-refractivity contribution in [1.82, 2.24) is 0 Å². The predicted molar refractivity (Wildman–Crippen MR) is 110 cm³/mol. The van der Waals surface area contributed by atoms with Crippen LogP contribution >= 0.6 is 0 Å². The molecule has 0 fully saturated rings. The summed E-state index contributed by atoms with van der Waals surface area (Å²) in [4.78, 5) is 0. The molecular formula is C23H22N2O2. The van der Waals surface area contributed by atoms with Gasteiger partial charge in [-0.05, 0) is 73.5 Å². The number of fused-ring (bicyclic) bond motifs is 3. The molecule has 1 aliphatic rings. The van der Waals surface area contributed by atoms with Gasteiger partial charge >= 0.3 is 0 Å². The topological polar surface area (TPSA) is 42.8 Å². The lowest BCUT2D eigenvalue weighted by molar-refractivity contribution is 0.340. The van der Waals surface area contributed by atoms with E-state index >= 15 is 0 Å². The number of hydrogen-bond donors (Lipinski definition) is 1. The molecule has 0 heterocycles. The molecule has 1 N–H and O–H groups in total. The van der Waals surface area contributed by atoms with E-state index in [-0.39, 0.29) is 0 Å². The van der Waals surface area contributed by atoms with Crippen molar-refractivity contribution in [2.45, 2.75) is 13.8 Å². The number of hydrogen-bond acceptors (Lipinski definition) is 4. The fourth-order valence-electron chi connectivity index (χ4n) is 3.32. The van der Waals surface area contributed by atoms with Crippen LogP contribution in [0.5, 0.6) is 11.5 Å². The van der Waals surface area contributed by atoms with Gasteiger partial charge < -0.3 is 9.47 Å². The van der Waals surface area contributed by atoms with Gasteiger partial charge in [0.05, 0.1) is 24.6 Å². The number of para-hydroxylation sites is 1. The van der Waals surface area contributed by atoms with Crippen molar-refractivity contribution in [3.63, 3.8) is 0 Å². The number of nitrogens with one attached hydrogen (secondary N) is 1. The van der Waals surface area contributed by atoms with E-state index in [9.17, 15) is 0 Å². The summed E-state index contributed by atoms with van der Waals surface area (Å²) < 4.78 is 11.4. The molecule has 3 aromatic rings. The molecule has 4 rings (SSSR count). The molecule has 0 atom stereocenters. The lowest BCUT2D eigenvalue weighted by atomic mass is 10.1. The first kappa shape index (κ1) is 17.2. The van der Waals surface area contributed by atoms with Gasteiger partial charge in [0.2, 0.25) is 0 Å².